The van der Waals surface area contributed by atoms with E-state index < -0.39 is 28.5 Å². The molecule has 3 aromatic carbocycles. The van der Waals surface area contributed by atoms with Gasteiger partial charge >= 0.3 is 5.54 Å². The SMILES string of the molecule is N#C[C@@]1([N+](=O)[O-])[C@H](c2ccccc2)[C@@H](C(=O)c2ccccc2)N2C=Cc3ccccc3[C@@H]21. The molecule has 2 aliphatic rings. The molecule has 0 spiro atoms. The normalized spacial score (nSPS) is 25.5. The Morgan fingerprint density at radius 2 is 1.59 bits per heavy atom. The number of rotatable bonds is 4. The summed E-state index contributed by atoms with van der Waals surface area (Å²) >= 11 is 0. The van der Waals surface area contributed by atoms with E-state index >= 15 is 0 Å². The summed E-state index contributed by atoms with van der Waals surface area (Å²) in [5.74, 6) is -1.20. The molecule has 3 aromatic rings. The molecule has 1 saturated heterocycles. The number of fused-ring (bicyclic) bond motifs is 3. The van der Waals surface area contributed by atoms with Crippen LogP contribution in [0.2, 0.25) is 0 Å². The van der Waals surface area contributed by atoms with Gasteiger partial charge in [0, 0.05) is 16.7 Å². The van der Waals surface area contributed by atoms with E-state index in [1.165, 1.54) is 0 Å². The van der Waals surface area contributed by atoms with Crippen molar-refractivity contribution in [2.45, 2.75) is 23.5 Å². The average Bonchev–Trinajstić information content (AvgIpc) is 3.16. The highest BCUT2D eigenvalue weighted by Crippen LogP contribution is 2.56. The highest BCUT2D eigenvalue weighted by Gasteiger charge is 2.71. The Morgan fingerprint density at radius 3 is 2.25 bits per heavy atom. The first-order chi connectivity index (χ1) is 15.6. The first kappa shape index (κ1) is 19.7. The van der Waals surface area contributed by atoms with Crippen molar-refractivity contribution >= 4 is 11.9 Å². The summed E-state index contributed by atoms with van der Waals surface area (Å²) in [5.41, 5.74) is 0.506. The molecular formula is C26H19N3O3. The Hall–Kier alpha value is -4.24. The minimum atomic E-state index is -2.04. The molecule has 0 unspecified atom stereocenters. The van der Waals surface area contributed by atoms with Crippen LogP contribution in [0, 0.1) is 21.4 Å². The van der Waals surface area contributed by atoms with Crippen LogP contribution in [-0.4, -0.2) is 27.2 Å². The van der Waals surface area contributed by atoms with Crippen molar-refractivity contribution in [2.24, 2.45) is 0 Å². The van der Waals surface area contributed by atoms with Crippen molar-refractivity contribution in [3.05, 3.63) is 123 Å². The molecule has 2 heterocycles. The van der Waals surface area contributed by atoms with Gasteiger partial charge in [-0.05, 0) is 22.8 Å². The summed E-state index contributed by atoms with van der Waals surface area (Å²) < 4.78 is 0. The summed E-state index contributed by atoms with van der Waals surface area (Å²) in [6.45, 7) is 0. The summed E-state index contributed by atoms with van der Waals surface area (Å²) in [5, 5.41) is 23.1. The van der Waals surface area contributed by atoms with Crippen molar-refractivity contribution in [2.75, 3.05) is 0 Å². The number of nitrogens with zero attached hydrogens (tertiary/aromatic N) is 3. The molecule has 6 nitrogen and oxygen atoms in total. The van der Waals surface area contributed by atoms with Gasteiger partial charge in [-0.3, -0.25) is 14.9 Å². The van der Waals surface area contributed by atoms with Crippen LogP contribution in [0.3, 0.4) is 0 Å². The maximum absolute atomic E-state index is 13.8. The highest BCUT2D eigenvalue weighted by atomic mass is 16.6. The number of nitriles is 1. The molecule has 6 heteroatoms. The highest BCUT2D eigenvalue weighted by molar-refractivity contribution is 6.01. The van der Waals surface area contributed by atoms with Gasteiger partial charge in [0.15, 0.2) is 11.9 Å². The van der Waals surface area contributed by atoms with Crippen molar-refractivity contribution in [1.82, 2.24) is 4.90 Å². The molecule has 0 aliphatic carbocycles. The second-order valence-electron chi connectivity index (χ2n) is 8.05. The van der Waals surface area contributed by atoms with Crippen LogP contribution in [0.15, 0.2) is 91.1 Å². The molecule has 0 aromatic heterocycles. The topological polar surface area (TPSA) is 87.2 Å². The minimum absolute atomic E-state index is 0.243. The fraction of sp³-hybridized carbons (Fsp3) is 0.154. The third-order valence-corrected chi connectivity index (χ3v) is 6.51. The van der Waals surface area contributed by atoms with E-state index in [2.05, 4.69) is 6.07 Å². The van der Waals surface area contributed by atoms with Gasteiger partial charge in [0.2, 0.25) is 0 Å². The third kappa shape index (κ3) is 2.68. The molecule has 1 fully saturated rings. The zero-order valence-electron chi connectivity index (χ0n) is 17.0. The van der Waals surface area contributed by atoms with Gasteiger partial charge in [-0.1, -0.05) is 84.9 Å². The van der Waals surface area contributed by atoms with Crippen molar-refractivity contribution in [1.29, 1.82) is 5.26 Å². The van der Waals surface area contributed by atoms with Gasteiger partial charge in [-0.25, -0.2) is 0 Å². The number of benzene rings is 3. The van der Waals surface area contributed by atoms with E-state index in [9.17, 15) is 20.2 Å². The van der Waals surface area contributed by atoms with E-state index in [1.54, 1.807) is 59.6 Å². The summed E-state index contributed by atoms with van der Waals surface area (Å²) in [6, 6.07) is 25.3. The monoisotopic (exact) mass is 421 g/mol. The number of nitro groups is 1. The van der Waals surface area contributed by atoms with Crippen molar-refractivity contribution in [3.8, 4) is 6.07 Å². The third-order valence-electron chi connectivity index (χ3n) is 6.51. The van der Waals surface area contributed by atoms with Crippen LogP contribution >= 0.6 is 0 Å². The van der Waals surface area contributed by atoms with E-state index in [1.807, 2.05) is 42.5 Å². The first-order valence-electron chi connectivity index (χ1n) is 10.3. The van der Waals surface area contributed by atoms with Crippen LogP contribution in [0.1, 0.15) is 39.0 Å². The number of hydrogen-bond donors (Lipinski definition) is 0. The maximum Gasteiger partial charge on any atom is 0.338 e. The Morgan fingerprint density at radius 1 is 0.969 bits per heavy atom. The van der Waals surface area contributed by atoms with Gasteiger partial charge in [-0.15, -0.1) is 0 Å². The lowest BCUT2D eigenvalue weighted by Crippen LogP contribution is -2.46. The summed E-state index contributed by atoms with van der Waals surface area (Å²) in [7, 11) is 0. The molecule has 4 atom stereocenters. The molecule has 156 valence electrons. The standard InChI is InChI=1S/C26H19N3O3/c27-17-26(29(31)32)22(19-10-3-1-4-11-19)23(24(30)20-12-5-2-6-13-20)28-16-15-18-9-7-8-14-21(18)25(26)28/h1-16,22-23,25H/t22-,23+,25-,26-/m1/s1. The van der Waals surface area contributed by atoms with Crippen molar-refractivity contribution < 1.29 is 9.72 Å². The average molecular weight is 421 g/mol. The molecule has 0 radical (unpaired) electrons. The second-order valence-corrected chi connectivity index (χ2v) is 8.05. The Balaban J connectivity index is 1.80. The maximum atomic E-state index is 13.8. The molecule has 5 rings (SSSR count). The molecule has 0 saturated carbocycles. The number of Topliss-reactive ketones (excluding diaryl/α,β-unsaturated/α-hetero) is 1. The van der Waals surface area contributed by atoms with E-state index in [0.717, 1.165) is 5.56 Å². The first-order valence-corrected chi connectivity index (χ1v) is 10.3. The van der Waals surface area contributed by atoms with Crippen LogP contribution in [0.5, 0.6) is 0 Å². The Labute approximate surface area is 185 Å². The number of carbonyl (C=O) groups excluding carboxylic acids is 1. The van der Waals surface area contributed by atoms with Gasteiger partial charge in [0.05, 0.1) is 5.92 Å². The molecule has 32 heavy (non-hydrogen) atoms. The molecule has 0 N–H and O–H groups in total. The Bertz CT molecular complexity index is 1270. The van der Waals surface area contributed by atoms with Crippen LogP contribution in [0.25, 0.3) is 6.08 Å². The zero-order chi connectivity index (χ0) is 22.3. The molecular weight excluding hydrogens is 402 g/mol. The predicted octanol–water partition coefficient (Wildman–Crippen LogP) is 4.60. The largest absolute Gasteiger partial charge is 0.351 e. The van der Waals surface area contributed by atoms with Gasteiger partial charge in [0.25, 0.3) is 0 Å². The van der Waals surface area contributed by atoms with E-state index in [-0.39, 0.29) is 5.78 Å². The van der Waals surface area contributed by atoms with Gasteiger partial charge < -0.3 is 4.90 Å². The fourth-order valence-corrected chi connectivity index (χ4v) is 5.17. The van der Waals surface area contributed by atoms with Crippen LogP contribution in [-0.2, 0) is 0 Å². The molecule has 0 amide bonds. The Kier molecular flexibility index (Phi) is 4.60. The molecule has 2 aliphatic heterocycles. The van der Waals surface area contributed by atoms with Gasteiger partial charge in [-0.2, -0.15) is 5.26 Å². The lowest BCUT2D eigenvalue weighted by molar-refractivity contribution is -0.559. The number of hydrogen-bond acceptors (Lipinski definition) is 5. The number of ketones is 1. The molecule has 0 bridgehead atoms. The summed E-state index contributed by atoms with van der Waals surface area (Å²) in [6.07, 6.45) is 3.59. The number of carbonyl (C=O) groups is 1. The van der Waals surface area contributed by atoms with Crippen molar-refractivity contribution in [3.63, 3.8) is 0 Å². The van der Waals surface area contributed by atoms with Crippen LogP contribution < -0.4 is 0 Å². The van der Waals surface area contributed by atoms with Crippen LogP contribution in [0.4, 0.5) is 0 Å². The lowest BCUT2D eigenvalue weighted by Gasteiger charge is -2.33. The lowest BCUT2D eigenvalue weighted by atomic mass is 9.73. The second kappa shape index (κ2) is 7.47. The van der Waals surface area contributed by atoms with E-state index in [0.29, 0.717) is 16.7 Å². The predicted molar refractivity (Wildman–Crippen MR) is 119 cm³/mol. The smallest absolute Gasteiger partial charge is 0.338 e. The summed E-state index contributed by atoms with van der Waals surface area (Å²) in [4.78, 5) is 27.8. The van der Waals surface area contributed by atoms with E-state index in [4.69, 9.17) is 0 Å². The van der Waals surface area contributed by atoms with Gasteiger partial charge in [0.1, 0.15) is 12.1 Å². The zero-order valence-corrected chi connectivity index (χ0v) is 17.0. The quantitative estimate of drug-likeness (QED) is 0.349. The fourth-order valence-electron chi connectivity index (χ4n) is 5.17. The minimum Gasteiger partial charge on any atom is -0.351 e.